The topological polar surface area (TPSA) is 42.0 Å². The fourth-order valence-corrected chi connectivity index (χ4v) is 3.57. The monoisotopic (exact) mass is 366 g/mol. The summed E-state index contributed by atoms with van der Waals surface area (Å²) in [4.78, 5) is 17.8. The third kappa shape index (κ3) is 4.49. The van der Waals surface area contributed by atoms with E-state index in [1.165, 1.54) is 17.8 Å². The van der Waals surface area contributed by atoms with Crippen molar-refractivity contribution >= 4 is 17.7 Å². The predicted octanol–water partition coefficient (Wildman–Crippen LogP) is 5.00. The van der Waals surface area contributed by atoms with Gasteiger partial charge in [0.15, 0.2) is 0 Å². The van der Waals surface area contributed by atoms with Gasteiger partial charge in [-0.3, -0.25) is 9.78 Å². The summed E-state index contributed by atoms with van der Waals surface area (Å²) in [6.07, 6.45) is 1.70. The lowest BCUT2D eigenvalue weighted by molar-refractivity contribution is 0.0936. The minimum atomic E-state index is -0.231. The average Bonchev–Trinajstić information content (AvgIpc) is 2.68. The van der Waals surface area contributed by atoms with E-state index in [1.807, 2.05) is 49.4 Å². The minimum Gasteiger partial charge on any atom is -0.344 e. The molecule has 0 spiro atoms. The third-order valence-electron chi connectivity index (χ3n) is 3.95. The van der Waals surface area contributed by atoms with E-state index in [4.69, 9.17) is 0 Å². The van der Waals surface area contributed by atoms with Crippen LogP contribution in [-0.2, 0) is 5.75 Å². The van der Waals surface area contributed by atoms with E-state index in [1.54, 1.807) is 24.4 Å². The SMILES string of the molecule is C[C@H](NC(=O)c1ccccc1SCc1ccccc1F)c1ccccn1. The number of carbonyl (C=O) groups excluding carboxylic acids is 1. The Morgan fingerprint density at radius 2 is 1.81 bits per heavy atom. The van der Waals surface area contributed by atoms with Gasteiger partial charge >= 0.3 is 0 Å². The summed E-state index contributed by atoms with van der Waals surface area (Å²) in [5.74, 6) is 0.0673. The highest BCUT2D eigenvalue weighted by atomic mass is 32.2. The molecule has 0 aliphatic carbocycles. The Kier molecular flexibility index (Phi) is 6.02. The van der Waals surface area contributed by atoms with Crippen LogP contribution in [0.15, 0.2) is 77.8 Å². The number of carbonyl (C=O) groups is 1. The first kappa shape index (κ1) is 18.1. The quantitative estimate of drug-likeness (QED) is 0.624. The van der Waals surface area contributed by atoms with Crippen LogP contribution >= 0.6 is 11.8 Å². The molecule has 0 fully saturated rings. The van der Waals surface area contributed by atoms with Crippen LogP contribution in [0.3, 0.4) is 0 Å². The van der Waals surface area contributed by atoms with Crippen LogP contribution in [0.2, 0.25) is 0 Å². The number of hydrogen-bond acceptors (Lipinski definition) is 3. The van der Waals surface area contributed by atoms with Gasteiger partial charge in [0.2, 0.25) is 0 Å². The number of amides is 1. The highest BCUT2D eigenvalue weighted by molar-refractivity contribution is 7.98. The molecule has 1 N–H and O–H groups in total. The molecule has 132 valence electrons. The van der Waals surface area contributed by atoms with Gasteiger partial charge in [-0.25, -0.2) is 4.39 Å². The molecular weight excluding hydrogens is 347 g/mol. The van der Waals surface area contributed by atoms with Gasteiger partial charge in [-0.1, -0.05) is 36.4 Å². The molecule has 0 aliphatic rings. The lowest BCUT2D eigenvalue weighted by Gasteiger charge is -2.15. The number of hydrogen-bond donors (Lipinski definition) is 1. The largest absolute Gasteiger partial charge is 0.344 e. The Hall–Kier alpha value is -2.66. The zero-order valence-corrected chi connectivity index (χ0v) is 15.2. The first-order valence-corrected chi connectivity index (χ1v) is 9.30. The van der Waals surface area contributed by atoms with Crippen molar-refractivity contribution in [3.05, 3.63) is 95.6 Å². The summed E-state index contributed by atoms with van der Waals surface area (Å²) in [5.41, 5.74) is 2.00. The second-order valence-corrected chi connectivity index (χ2v) is 6.84. The average molecular weight is 366 g/mol. The Morgan fingerprint density at radius 3 is 2.58 bits per heavy atom. The molecule has 5 heteroatoms. The smallest absolute Gasteiger partial charge is 0.252 e. The van der Waals surface area contributed by atoms with Gasteiger partial charge in [0.05, 0.1) is 17.3 Å². The van der Waals surface area contributed by atoms with Crippen molar-refractivity contribution in [3.8, 4) is 0 Å². The van der Waals surface area contributed by atoms with E-state index in [0.29, 0.717) is 16.9 Å². The first-order chi connectivity index (χ1) is 12.6. The molecule has 3 aromatic rings. The second kappa shape index (κ2) is 8.63. The van der Waals surface area contributed by atoms with Crippen LogP contribution in [0.1, 0.15) is 34.6 Å². The zero-order chi connectivity index (χ0) is 18.4. The Bertz CT molecular complexity index is 886. The normalized spacial score (nSPS) is 11.8. The molecule has 1 aromatic heterocycles. The lowest BCUT2D eigenvalue weighted by atomic mass is 10.1. The maximum atomic E-state index is 13.8. The van der Waals surface area contributed by atoms with Gasteiger partial charge in [-0.15, -0.1) is 11.8 Å². The number of rotatable bonds is 6. The number of nitrogens with one attached hydrogen (secondary N) is 1. The molecule has 3 rings (SSSR count). The van der Waals surface area contributed by atoms with Crippen LogP contribution in [0.25, 0.3) is 0 Å². The number of pyridine rings is 1. The molecule has 0 bridgehead atoms. The maximum absolute atomic E-state index is 13.8. The summed E-state index contributed by atoms with van der Waals surface area (Å²) in [5, 5.41) is 2.97. The molecule has 0 saturated heterocycles. The summed E-state index contributed by atoms with van der Waals surface area (Å²) < 4.78 is 13.8. The van der Waals surface area contributed by atoms with Crippen LogP contribution in [-0.4, -0.2) is 10.9 Å². The third-order valence-corrected chi connectivity index (χ3v) is 5.07. The van der Waals surface area contributed by atoms with E-state index in [2.05, 4.69) is 10.3 Å². The fourth-order valence-electron chi connectivity index (χ4n) is 2.53. The summed E-state index contributed by atoms with van der Waals surface area (Å²) >= 11 is 1.45. The molecule has 0 aliphatic heterocycles. The number of aromatic nitrogens is 1. The summed E-state index contributed by atoms with van der Waals surface area (Å²) in [7, 11) is 0. The molecular formula is C21H19FN2OS. The van der Waals surface area contributed by atoms with Crippen molar-refractivity contribution in [1.29, 1.82) is 0 Å². The van der Waals surface area contributed by atoms with Crippen LogP contribution < -0.4 is 5.32 Å². The molecule has 0 unspecified atom stereocenters. The molecule has 26 heavy (non-hydrogen) atoms. The maximum Gasteiger partial charge on any atom is 0.252 e. The molecule has 0 radical (unpaired) electrons. The Labute approximate surface area is 156 Å². The Balaban J connectivity index is 1.72. The second-order valence-electron chi connectivity index (χ2n) is 5.83. The van der Waals surface area contributed by atoms with Crippen molar-refractivity contribution in [3.63, 3.8) is 0 Å². The van der Waals surface area contributed by atoms with E-state index < -0.39 is 0 Å². The van der Waals surface area contributed by atoms with Gasteiger partial charge in [0.1, 0.15) is 5.82 Å². The van der Waals surface area contributed by atoms with Crippen LogP contribution in [0.4, 0.5) is 4.39 Å². The van der Waals surface area contributed by atoms with E-state index >= 15 is 0 Å². The summed E-state index contributed by atoms with van der Waals surface area (Å²) in [6.45, 7) is 1.90. The van der Waals surface area contributed by atoms with Crippen LogP contribution in [0.5, 0.6) is 0 Å². The highest BCUT2D eigenvalue weighted by Crippen LogP contribution is 2.27. The van der Waals surface area contributed by atoms with Crippen molar-refractivity contribution in [2.45, 2.75) is 23.6 Å². The highest BCUT2D eigenvalue weighted by Gasteiger charge is 2.15. The summed E-state index contributed by atoms with van der Waals surface area (Å²) in [6, 6.07) is 19.5. The minimum absolute atomic E-state index is 0.167. The molecule has 0 saturated carbocycles. The predicted molar refractivity (Wildman–Crippen MR) is 103 cm³/mol. The molecule has 1 atom stereocenters. The molecule has 2 aromatic carbocycles. The van der Waals surface area contributed by atoms with Gasteiger partial charge in [-0.2, -0.15) is 0 Å². The first-order valence-electron chi connectivity index (χ1n) is 8.32. The van der Waals surface area contributed by atoms with Crippen molar-refractivity contribution in [2.24, 2.45) is 0 Å². The van der Waals surface area contributed by atoms with Crippen LogP contribution in [0, 0.1) is 5.82 Å². The standard InChI is InChI=1S/C21H19FN2OS/c1-15(19-11-6-7-13-23-19)24-21(25)17-9-3-5-12-20(17)26-14-16-8-2-4-10-18(16)22/h2-13,15H,14H2,1H3,(H,24,25)/t15-/m0/s1. The van der Waals surface area contributed by atoms with E-state index in [-0.39, 0.29) is 17.8 Å². The van der Waals surface area contributed by atoms with E-state index in [9.17, 15) is 9.18 Å². The lowest BCUT2D eigenvalue weighted by Crippen LogP contribution is -2.27. The van der Waals surface area contributed by atoms with E-state index in [0.717, 1.165) is 10.6 Å². The van der Waals surface area contributed by atoms with Crippen molar-refractivity contribution < 1.29 is 9.18 Å². The fraction of sp³-hybridized carbons (Fsp3) is 0.143. The van der Waals surface area contributed by atoms with Gasteiger partial charge < -0.3 is 5.32 Å². The van der Waals surface area contributed by atoms with Gasteiger partial charge in [0.25, 0.3) is 5.91 Å². The number of benzene rings is 2. The van der Waals surface area contributed by atoms with Gasteiger partial charge in [0, 0.05) is 16.8 Å². The number of halogens is 1. The number of nitrogens with zero attached hydrogens (tertiary/aromatic N) is 1. The van der Waals surface area contributed by atoms with Crippen molar-refractivity contribution in [2.75, 3.05) is 0 Å². The molecule has 1 heterocycles. The van der Waals surface area contributed by atoms with Gasteiger partial charge in [-0.05, 0) is 42.8 Å². The Morgan fingerprint density at radius 1 is 1.08 bits per heavy atom. The molecule has 3 nitrogen and oxygen atoms in total. The van der Waals surface area contributed by atoms with Crippen molar-refractivity contribution in [1.82, 2.24) is 10.3 Å². The number of thioether (sulfide) groups is 1. The zero-order valence-electron chi connectivity index (χ0n) is 14.4. The molecule has 1 amide bonds.